The molecule has 0 saturated heterocycles. The van der Waals surface area contributed by atoms with Gasteiger partial charge in [0.15, 0.2) is 4.80 Å². The van der Waals surface area contributed by atoms with Crippen molar-refractivity contribution in [2.45, 2.75) is 53.3 Å². The summed E-state index contributed by atoms with van der Waals surface area (Å²) in [6, 6.07) is 14.9. The first-order valence-corrected chi connectivity index (χ1v) is 14.2. The zero-order chi connectivity index (χ0) is 28.6. The van der Waals surface area contributed by atoms with Crippen LogP contribution in [0.25, 0.3) is 17.0 Å². The number of hydrogen-bond acceptors (Lipinski definition) is 6. The molecule has 0 spiro atoms. The number of carbonyl (C=O) groups is 1. The van der Waals surface area contributed by atoms with Crippen LogP contribution in [0.2, 0.25) is 0 Å². The fraction of sp³-hybridized carbons (Fsp3) is 0.281. The Labute approximate surface area is 237 Å². The normalized spacial score (nSPS) is 15.3. The Balaban J connectivity index is 1.78. The van der Waals surface area contributed by atoms with E-state index < -0.39 is 12.0 Å². The average Bonchev–Trinajstić information content (AvgIpc) is 3.37. The van der Waals surface area contributed by atoms with Crippen molar-refractivity contribution in [1.82, 2.24) is 9.13 Å². The molecular formula is C32H33N3O4S. The number of fused-ring (bicyclic) bond motifs is 2. The lowest BCUT2D eigenvalue weighted by Gasteiger charge is -2.26. The van der Waals surface area contributed by atoms with E-state index in [2.05, 4.69) is 30.2 Å². The predicted octanol–water partition coefficient (Wildman–Crippen LogP) is 5.03. The van der Waals surface area contributed by atoms with E-state index in [-0.39, 0.29) is 18.3 Å². The minimum atomic E-state index is -0.740. The van der Waals surface area contributed by atoms with Crippen molar-refractivity contribution in [3.05, 3.63) is 109 Å². The molecule has 0 amide bonds. The zero-order valence-electron chi connectivity index (χ0n) is 23.4. The Morgan fingerprint density at radius 2 is 1.88 bits per heavy atom. The third kappa shape index (κ3) is 4.73. The van der Waals surface area contributed by atoms with Crippen molar-refractivity contribution in [2.24, 2.45) is 4.99 Å². The van der Waals surface area contributed by atoms with Crippen LogP contribution < -0.4 is 19.6 Å². The minimum Gasteiger partial charge on any atom is -0.491 e. The van der Waals surface area contributed by atoms with Gasteiger partial charge in [0.05, 0.1) is 28.5 Å². The van der Waals surface area contributed by atoms with E-state index in [1.807, 2.05) is 62.4 Å². The Kier molecular flexibility index (Phi) is 7.63. The van der Waals surface area contributed by atoms with Gasteiger partial charge in [-0.25, -0.2) is 9.79 Å². The third-order valence-corrected chi connectivity index (χ3v) is 7.94. The van der Waals surface area contributed by atoms with E-state index in [0.717, 1.165) is 22.2 Å². The number of ether oxygens (including phenoxy) is 2. The molecule has 0 saturated carbocycles. The van der Waals surface area contributed by atoms with Crippen molar-refractivity contribution in [1.29, 1.82) is 0 Å². The van der Waals surface area contributed by atoms with E-state index in [4.69, 9.17) is 14.5 Å². The number of rotatable bonds is 8. The number of nitrogens with zero attached hydrogens (tertiary/aromatic N) is 3. The van der Waals surface area contributed by atoms with Gasteiger partial charge >= 0.3 is 5.97 Å². The number of allylic oxidation sites excluding steroid dienone is 2. The number of thiazole rings is 1. The number of esters is 1. The van der Waals surface area contributed by atoms with Crippen LogP contribution in [0.4, 0.5) is 0 Å². The largest absolute Gasteiger partial charge is 0.491 e. The van der Waals surface area contributed by atoms with Crippen molar-refractivity contribution < 1.29 is 14.3 Å². The topological polar surface area (TPSA) is 74.8 Å². The van der Waals surface area contributed by atoms with Crippen LogP contribution in [-0.4, -0.2) is 27.8 Å². The Bertz CT molecular complexity index is 1840. The van der Waals surface area contributed by atoms with Crippen molar-refractivity contribution in [3.8, 4) is 5.75 Å². The molecule has 40 heavy (non-hydrogen) atoms. The number of hydrogen-bond donors (Lipinski definition) is 0. The Morgan fingerprint density at radius 1 is 1.15 bits per heavy atom. The smallest absolute Gasteiger partial charge is 0.338 e. The highest BCUT2D eigenvalue weighted by atomic mass is 32.1. The summed E-state index contributed by atoms with van der Waals surface area (Å²) in [5.41, 5.74) is 4.44. The van der Waals surface area contributed by atoms with E-state index >= 15 is 0 Å². The molecule has 2 aromatic carbocycles. The summed E-state index contributed by atoms with van der Waals surface area (Å²) in [5.74, 6) is 0.114. The van der Waals surface area contributed by atoms with Gasteiger partial charge < -0.3 is 14.0 Å². The van der Waals surface area contributed by atoms with Crippen LogP contribution in [0.15, 0.2) is 82.2 Å². The minimum absolute atomic E-state index is 0.0935. The van der Waals surface area contributed by atoms with Gasteiger partial charge in [-0.1, -0.05) is 53.8 Å². The molecule has 0 aliphatic carbocycles. The van der Waals surface area contributed by atoms with E-state index in [9.17, 15) is 9.59 Å². The highest BCUT2D eigenvalue weighted by molar-refractivity contribution is 7.07. The first kappa shape index (κ1) is 27.4. The van der Waals surface area contributed by atoms with Gasteiger partial charge in [0, 0.05) is 34.3 Å². The first-order chi connectivity index (χ1) is 19.3. The lowest BCUT2D eigenvalue weighted by Crippen LogP contribution is -2.40. The standard InChI is InChI=1S/C32H33N3O4S/c1-7-17-34-21(6)24(22-13-9-11-15-25(22)34)18-27-30(36)35-29(23-14-10-12-16-26(23)39-19(3)4)28(31(37)38-8-2)20(5)33-32(35)40-27/h7,9-16,18-19,29H,1,8,17H2,2-6H3/b27-18+/t29-/m0/s1. The van der Waals surface area contributed by atoms with Crippen LogP contribution in [0.3, 0.4) is 0 Å². The molecule has 1 aliphatic heterocycles. The summed E-state index contributed by atoms with van der Waals surface area (Å²) in [5, 5.41) is 1.06. The molecule has 206 valence electrons. The summed E-state index contributed by atoms with van der Waals surface area (Å²) in [4.78, 5) is 32.7. The molecule has 4 aromatic rings. The highest BCUT2D eigenvalue weighted by Gasteiger charge is 2.35. The van der Waals surface area contributed by atoms with Crippen LogP contribution in [-0.2, 0) is 16.1 Å². The average molecular weight is 556 g/mol. The van der Waals surface area contributed by atoms with Crippen LogP contribution in [0.1, 0.15) is 50.6 Å². The maximum absolute atomic E-state index is 14.2. The summed E-state index contributed by atoms with van der Waals surface area (Å²) in [6.07, 6.45) is 3.72. The molecule has 8 heteroatoms. The number of carbonyl (C=O) groups excluding carboxylic acids is 1. The van der Waals surface area contributed by atoms with Gasteiger partial charge in [-0.2, -0.15) is 0 Å². The molecule has 2 aromatic heterocycles. The number of benzene rings is 2. The number of aromatic nitrogens is 2. The fourth-order valence-electron chi connectivity index (χ4n) is 5.29. The van der Waals surface area contributed by atoms with Gasteiger partial charge in [0.2, 0.25) is 0 Å². The van der Waals surface area contributed by atoms with Crippen LogP contribution in [0, 0.1) is 6.92 Å². The first-order valence-electron chi connectivity index (χ1n) is 13.4. The third-order valence-electron chi connectivity index (χ3n) is 6.96. The second kappa shape index (κ2) is 11.1. The summed E-state index contributed by atoms with van der Waals surface area (Å²) in [6.45, 7) is 14.3. The molecular weight excluding hydrogens is 522 g/mol. The quantitative estimate of drug-likeness (QED) is 0.226. The molecule has 1 atom stereocenters. The SMILES string of the molecule is C=CCn1c(C)c(/C=c2/sc3n(c2=O)[C@@H](c2ccccc2OC(C)C)C(C(=O)OCC)=C(C)N=3)c2ccccc21. The lowest BCUT2D eigenvalue weighted by molar-refractivity contribution is -0.139. The molecule has 0 N–H and O–H groups in total. The van der Waals surface area contributed by atoms with E-state index in [1.165, 1.54) is 11.3 Å². The number of para-hydroxylation sites is 2. The molecule has 1 aliphatic rings. The molecule has 3 heterocycles. The van der Waals surface area contributed by atoms with Gasteiger partial charge in [0.25, 0.3) is 5.56 Å². The van der Waals surface area contributed by atoms with Gasteiger partial charge in [-0.15, -0.1) is 6.58 Å². The summed E-state index contributed by atoms with van der Waals surface area (Å²) < 4.78 is 15.9. The zero-order valence-corrected chi connectivity index (χ0v) is 24.2. The summed E-state index contributed by atoms with van der Waals surface area (Å²) >= 11 is 1.32. The molecule has 0 fully saturated rings. The van der Waals surface area contributed by atoms with Crippen LogP contribution in [0.5, 0.6) is 5.75 Å². The Hall–Kier alpha value is -4.17. The Morgan fingerprint density at radius 3 is 2.60 bits per heavy atom. The lowest BCUT2D eigenvalue weighted by atomic mass is 9.95. The molecule has 0 radical (unpaired) electrons. The maximum atomic E-state index is 14.2. The second-order valence-electron chi connectivity index (χ2n) is 9.92. The van der Waals surface area contributed by atoms with Gasteiger partial charge in [-0.05, 0) is 52.8 Å². The van der Waals surface area contributed by atoms with E-state index in [0.29, 0.717) is 38.5 Å². The maximum Gasteiger partial charge on any atom is 0.338 e. The van der Waals surface area contributed by atoms with E-state index in [1.54, 1.807) is 18.4 Å². The second-order valence-corrected chi connectivity index (χ2v) is 10.9. The van der Waals surface area contributed by atoms with Crippen molar-refractivity contribution in [3.63, 3.8) is 0 Å². The monoisotopic (exact) mass is 555 g/mol. The summed E-state index contributed by atoms with van der Waals surface area (Å²) in [7, 11) is 0. The molecule has 5 rings (SSSR count). The predicted molar refractivity (Wildman–Crippen MR) is 159 cm³/mol. The van der Waals surface area contributed by atoms with Crippen molar-refractivity contribution in [2.75, 3.05) is 6.61 Å². The van der Waals surface area contributed by atoms with Crippen LogP contribution >= 0.6 is 11.3 Å². The van der Waals surface area contributed by atoms with Crippen molar-refractivity contribution >= 4 is 34.3 Å². The van der Waals surface area contributed by atoms with Gasteiger partial charge in [0.1, 0.15) is 11.8 Å². The molecule has 7 nitrogen and oxygen atoms in total. The molecule has 0 unspecified atom stereocenters. The highest BCUT2D eigenvalue weighted by Crippen LogP contribution is 2.36. The molecule has 0 bridgehead atoms. The fourth-order valence-corrected chi connectivity index (χ4v) is 6.32. The van der Waals surface area contributed by atoms with Gasteiger partial charge in [-0.3, -0.25) is 9.36 Å².